The van der Waals surface area contributed by atoms with Crippen molar-refractivity contribution in [3.63, 3.8) is 0 Å². The summed E-state index contributed by atoms with van der Waals surface area (Å²) in [6, 6.07) is 4.14. The van der Waals surface area contributed by atoms with E-state index in [0.29, 0.717) is 30.9 Å². The van der Waals surface area contributed by atoms with Gasteiger partial charge in [-0.1, -0.05) is 0 Å². The fourth-order valence-corrected chi connectivity index (χ4v) is 3.76. The molecule has 148 valence electrons. The summed E-state index contributed by atoms with van der Waals surface area (Å²) in [5, 5.41) is 0. The van der Waals surface area contributed by atoms with E-state index in [1.165, 1.54) is 0 Å². The quantitative estimate of drug-likeness (QED) is 0.783. The van der Waals surface area contributed by atoms with E-state index in [4.69, 9.17) is 14.2 Å². The highest BCUT2D eigenvalue weighted by atomic mass is 16.5. The van der Waals surface area contributed by atoms with Gasteiger partial charge in [-0.2, -0.15) is 0 Å². The second kappa shape index (κ2) is 8.29. The van der Waals surface area contributed by atoms with Crippen LogP contribution in [0.1, 0.15) is 29.5 Å². The van der Waals surface area contributed by atoms with E-state index in [1.807, 2.05) is 6.08 Å². The van der Waals surface area contributed by atoms with Crippen LogP contribution in [0.2, 0.25) is 0 Å². The zero-order chi connectivity index (χ0) is 19.5. The Kier molecular flexibility index (Phi) is 5.59. The molecule has 4 rings (SSSR count). The van der Waals surface area contributed by atoms with Gasteiger partial charge in [0.05, 0.1) is 18.8 Å². The average molecular weight is 382 g/mol. The molecule has 1 saturated heterocycles. The molecule has 6 nitrogen and oxygen atoms in total. The van der Waals surface area contributed by atoms with Crippen LogP contribution in [-0.2, 0) is 14.3 Å². The maximum atomic E-state index is 12.0. The van der Waals surface area contributed by atoms with Gasteiger partial charge >= 0.3 is 0 Å². The summed E-state index contributed by atoms with van der Waals surface area (Å²) in [4.78, 5) is 18.6. The predicted octanol–water partition coefficient (Wildman–Crippen LogP) is 3.03. The zero-order valence-corrected chi connectivity index (χ0v) is 16.5. The molecule has 3 aliphatic rings. The van der Waals surface area contributed by atoms with E-state index >= 15 is 0 Å². The molecule has 0 saturated carbocycles. The molecule has 1 aromatic rings. The topological polar surface area (TPSA) is 60.4 Å². The molecular formula is C22H26N2O4. The third-order valence-corrected chi connectivity index (χ3v) is 5.28. The van der Waals surface area contributed by atoms with Gasteiger partial charge in [0.15, 0.2) is 5.78 Å². The molecule has 0 amide bonds. The van der Waals surface area contributed by atoms with Gasteiger partial charge in [-0.3, -0.25) is 9.69 Å². The van der Waals surface area contributed by atoms with Crippen molar-refractivity contribution in [3.8, 4) is 5.75 Å². The second-order valence-corrected chi connectivity index (χ2v) is 7.34. The summed E-state index contributed by atoms with van der Waals surface area (Å²) in [6.45, 7) is 9.21. The van der Waals surface area contributed by atoms with E-state index < -0.39 is 0 Å². The maximum absolute atomic E-state index is 12.0. The van der Waals surface area contributed by atoms with Crippen LogP contribution in [0.4, 0.5) is 0 Å². The number of allylic oxidation sites excluding steroid dienone is 2. The van der Waals surface area contributed by atoms with Gasteiger partial charge in [0.25, 0.3) is 0 Å². The average Bonchev–Trinajstić information content (AvgIpc) is 2.70. The Morgan fingerprint density at radius 3 is 2.64 bits per heavy atom. The lowest BCUT2D eigenvalue weighted by atomic mass is 9.99. The van der Waals surface area contributed by atoms with Gasteiger partial charge in [-0.25, -0.2) is 4.99 Å². The Hall–Kier alpha value is -2.44. The molecule has 1 fully saturated rings. The van der Waals surface area contributed by atoms with Gasteiger partial charge < -0.3 is 14.2 Å². The number of carbonyl (C=O) groups is 1. The maximum Gasteiger partial charge on any atom is 0.226 e. The van der Waals surface area contributed by atoms with Crippen molar-refractivity contribution < 1.29 is 19.0 Å². The fraction of sp³-hybridized carbons (Fsp3) is 0.455. The lowest BCUT2D eigenvalue weighted by Gasteiger charge is -2.26. The number of morpholine rings is 1. The summed E-state index contributed by atoms with van der Waals surface area (Å²) in [5.41, 5.74) is 3.80. The highest BCUT2D eigenvalue weighted by molar-refractivity contribution is 6.06. The van der Waals surface area contributed by atoms with E-state index in [1.54, 1.807) is 6.21 Å². The third-order valence-electron chi connectivity index (χ3n) is 5.28. The molecule has 0 atom stereocenters. The number of ether oxygens (including phenoxy) is 3. The van der Waals surface area contributed by atoms with Crippen molar-refractivity contribution in [1.82, 2.24) is 4.90 Å². The van der Waals surface area contributed by atoms with Crippen molar-refractivity contribution in [2.75, 3.05) is 39.5 Å². The van der Waals surface area contributed by atoms with Crippen molar-refractivity contribution in [3.05, 3.63) is 46.4 Å². The van der Waals surface area contributed by atoms with Crippen LogP contribution >= 0.6 is 0 Å². The van der Waals surface area contributed by atoms with Crippen LogP contribution in [-0.4, -0.2) is 56.4 Å². The van der Waals surface area contributed by atoms with Crippen molar-refractivity contribution >= 4 is 17.8 Å². The number of hydrogen-bond acceptors (Lipinski definition) is 6. The van der Waals surface area contributed by atoms with E-state index in [9.17, 15) is 4.79 Å². The fourth-order valence-electron chi connectivity index (χ4n) is 3.76. The van der Waals surface area contributed by atoms with Crippen LogP contribution in [0.25, 0.3) is 5.76 Å². The van der Waals surface area contributed by atoms with Crippen LogP contribution in [0.15, 0.2) is 34.7 Å². The smallest absolute Gasteiger partial charge is 0.226 e. The summed E-state index contributed by atoms with van der Waals surface area (Å²) in [6.07, 6.45) is 4.51. The Morgan fingerprint density at radius 2 is 1.89 bits per heavy atom. The first kappa shape index (κ1) is 18.9. The molecule has 0 unspecified atom stereocenters. The minimum absolute atomic E-state index is 0.0941. The molecule has 0 radical (unpaired) electrons. The van der Waals surface area contributed by atoms with Crippen molar-refractivity contribution in [2.45, 2.75) is 26.7 Å². The molecular weight excluding hydrogens is 356 g/mol. The number of benzene rings is 1. The number of hydrogen-bond donors (Lipinski definition) is 0. The standard InChI is InChI=1S/C22H26N2O4/c1-15-13-17(20-4-3-18-19(25)5-6-23-22(18)28-20)14-16(2)21(15)27-12-9-24-7-10-26-11-8-24/h4,6,13-14H,3,5,7-12H2,1-2H3. The predicted molar refractivity (Wildman–Crippen MR) is 107 cm³/mol. The van der Waals surface area contributed by atoms with E-state index in [-0.39, 0.29) is 5.78 Å². The van der Waals surface area contributed by atoms with Crippen LogP contribution in [0, 0.1) is 13.8 Å². The first-order chi connectivity index (χ1) is 13.6. The number of ketones is 1. The van der Waals surface area contributed by atoms with E-state index in [2.05, 4.69) is 35.9 Å². The SMILES string of the molecule is Cc1cc(C2=CCC3=C(N=CCC3=O)O2)cc(C)c1OCCN1CCOCC1. The third kappa shape index (κ3) is 4.03. The minimum atomic E-state index is 0.0941. The summed E-state index contributed by atoms with van der Waals surface area (Å²) >= 11 is 0. The Balaban J connectivity index is 1.43. The number of Topliss-reactive ketones (excluding diaryl/α,β-unsaturated/α-hetero) is 1. The van der Waals surface area contributed by atoms with Gasteiger partial charge in [0.1, 0.15) is 18.1 Å². The highest BCUT2D eigenvalue weighted by Crippen LogP contribution is 2.34. The Bertz CT molecular complexity index is 840. The number of aryl methyl sites for hydroxylation is 2. The largest absolute Gasteiger partial charge is 0.492 e. The first-order valence-electron chi connectivity index (χ1n) is 9.83. The molecule has 0 bridgehead atoms. The van der Waals surface area contributed by atoms with Gasteiger partial charge in [-0.15, -0.1) is 0 Å². The molecule has 28 heavy (non-hydrogen) atoms. The van der Waals surface area contributed by atoms with Crippen LogP contribution in [0.5, 0.6) is 5.75 Å². The molecule has 3 aliphatic heterocycles. The number of nitrogens with zero attached hydrogens (tertiary/aromatic N) is 2. The normalized spacial score (nSPS) is 19.9. The lowest BCUT2D eigenvalue weighted by Crippen LogP contribution is -2.38. The number of carbonyl (C=O) groups excluding carboxylic acids is 1. The molecule has 1 aromatic carbocycles. The van der Waals surface area contributed by atoms with Crippen molar-refractivity contribution in [2.24, 2.45) is 4.99 Å². The lowest BCUT2D eigenvalue weighted by molar-refractivity contribution is -0.114. The van der Waals surface area contributed by atoms with Gasteiger partial charge in [0, 0.05) is 44.3 Å². The Morgan fingerprint density at radius 1 is 1.14 bits per heavy atom. The zero-order valence-electron chi connectivity index (χ0n) is 16.5. The van der Waals surface area contributed by atoms with Crippen molar-refractivity contribution in [1.29, 1.82) is 0 Å². The number of aliphatic imine (C=N–C) groups is 1. The summed E-state index contributed by atoms with van der Waals surface area (Å²) < 4.78 is 17.4. The highest BCUT2D eigenvalue weighted by Gasteiger charge is 2.24. The minimum Gasteiger partial charge on any atom is -0.492 e. The summed E-state index contributed by atoms with van der Waals surface area (Å²) in [5.74, 6) is 2.21. The molecule has 0 aromatic heterocycles. The molecule has 0 N–H and O–H groups in total. The van der Waals surface area contributed by atoms with Gasteiger partial charge in [0.2, 0.25) is 5.88 Å². The molecule has 0 aliphatic carbocycles. The molecule has 6 heteroatoms. The summed E-state index contributed by atoms with van der Waals surface area (Å²) in [7, 11) is 0. The molecule has 3 heterocycles. The Labute approximate surface area is 165 Å². The molecule has 0 spiro atoms. The van der Waals surface area contributed by atoms with Crippen LogP contribution < -0.4 is 4.74 Å². The first-order valence-corrected chi connectivity index (χ1v) is 9.83. The monoisotopic (exact) mass is 382 g/mol. The van der Waals surface area contributed by atoms with Gasteiger partial charge in [-0.05, 0) is 43.2 Å². The van der Waals surface area contributed by atoms with Crippen LogP contribution in [0.3, 0.4) is 0 Å². The van der Waals surface area contributed by atoms with E-state index in [0.717, 1.165) is 61.0 Å². The second-order valence-electron chi connectivity index (χ2n) is 7.34. The number of rotatable bonds is 5.